The van der Waals surface area contributed by atoms with E-state index in [4.69, 9.17) is 5.26 Å². The molecular formula is C11H13N3. The van der Waals surface area contributed by atoms with Gasteiger partial charge in [0.05, 0.1) is 17.5 Å². The van der Waals surface area contributed by atoms with Gasteiger partial charge in [-0.3, -0.25) is 4.98 Å². The summed E-state index contributed by atoms with van der Waals surface area (Å²) >= 11 is 0. The summed E-state index contributed by atoms with van der Waals surface area (Å²) in [5.74, 6) is 0. The van der Waals surface area contributed by atoms with E-state index in [0.717, 1.165) is 16.9 Å². The zero-order chi connectivity index (χ0) is 10.6. The molecule has 3 nitrogen and oxygen atoms in total. The average Bonchev–Trinajstić information content (AvgIpc) is 2.14. The number of rotatable bonds is 2. The van der Waals surface area contributed by atoms with Gasteiger partial charge < -0.3 is 4.90 Å². The summed E-state index contributed by atoms with van der Waals surface area (Å²) < 4.78 is 0. The lowest BCUT2D eigenvalue weighted by atomic mass is 10.1. The minimum atomic E-state index is 0.968. The van der Waals surface area contributed by atoms with Gasteiger partial charge in [-0.25, -0.2) is 0 Å². The van der Waals surface area contributed by atoms with Crippen LogP contribution in [0.2, 0.25) is 0 Å². The first kappa shape index (κ1) is 10.3. The van der Waals surface area contributed by atoms with Gasteiger partial charge in [-0.15, -0.1) is 0 Å². The molecule has 0 spiro atoms. The van der Waals surface area contributed by atoms with Crippen molar-refractivity contribution >= 4 is 11.8 Å². The van der Waals surface area contributed by atoms with E-state index in [2.05, 4.69) is 4.98 Å². The van der Waals surface area contributed by atoms with Crippen molar-refractivity contribution in [1.82, 2.24) is 4.98 Å². The van der Waals surface area contributed by atoms with Gasteiger partial charge in [-0.05, 0) is 19.1 Å². The van der Waals surface area contributed by atoms with Gasteiger partial charge in [-0.1, -0.05) is 0 Å². The summed E-state index contributed by atoms with van der Waals surface area (Å²) in [7, 11) is 3.93. The zero-order valence-electron chi connectivity index (χ0n) is 8.65. The molecule has 1 rings (SSSR count). The number of aromatic nitrogens is 1. The predicted molar refractivity (Wildman–Crippen MR) is 57.9 cm³/mol. The molecule has 1 aromatic rings. The molecule has 0 aliphatic heterocycles. The first-order chi connectivity index (χ1) is 6.66. The van der Waals surface area contributed by atoms with E-state index in [-0.39, 0.29) is 0 Å². The van der Waals surface area contributed by atoms with Gasteiger partial charge in [0.2, 0.25) is 0 Å². The molecule has 0 amide bonds. The number of pyridine rings is 1. The fourth-order valence-electron chi connectivity index (χ4n) is 1.42. The second kappa shape index (κ2) is 4.43. The molecule has 0 fully saturated rings. The van der Waals surface area contributed by atoms with Crippen LogP contribution in [0.4, 0.5) is 5.69 Å². The topological polar surface area (TPSA) is 39.9 Å². The van der Waals surface area contributed by atoms with Crippen LogP contribution in [0.5, 0.6) is 0 Å². The van der Waals surface area contributed by atoms with Crippen molar-refractivity contribution < 1.29 is 0 Å². The third kappa shape index (κ3) is 2.11. The van der Waals surface area contributed by atoms with Crippen molar-refractivity contribution in [1.29, 1.82) is 5.26 Å². The molecule has 0 N–H and O–H groups in total. The van der Waals surface area contributed by atoms with Gasteiger partial charge in [0.25, 0.3) is 0 Å². The molecule has 3 heteroatoms. The maximum absolute atomic E-state index is 8.46. The number of anilines is 1. The number of allylic oxidation sites excluding steroid dienone is 1. The fourth-order valence-corrected chi connectivity index (χ4v) is 1.42. The first-order valence-electron chi connectivity index (χ1n) is 4.36. The molecule has 0 aliphatic rings. The second-order valence-corrected chi connectivity index (χ2v) is 3.19. The highest BCUT2D eigenvalue weighted by Gasteiger charge is 2.05. The highest BCUT2D eigenvalue weighted by molar-refractivity contribution is 5.69. The minimum absolute atomic E-state index is 0.968. The highest BCUT2D eigenvalue weighted by Crippen LogP contribution is 2.22. The van der Waals surface area contributed by atoms with E-state index in [1.807, 2.05) is 38.1 Å². The molecule has 0 bridgehead atoms. The van der Waals surface area contributed by atoms with Crippen molar-refractivity contribution in [3.8, 4) is 6.07 Å². The molecule has 0 saturated heterocycles. The van der Waals surface area contributed by atoms with Crippen molar-refractivity contribution in [2.24, 2.45) is 0 Å². The maximum atomic E-state index is 8.46. The summed E-state index contributed by atoms with van der Waals surface area (Å²) in [6, 6.07) is 3.88. The van der Waals surface area contributed by atoms with Crippen LogP contribution >= 0.6 is 0 Å². The van der Waals surface area contributed by atoms with E-state index in [9.17, 15) is 0 Å². The van der Waals surface area contributed by atoms with Crippen LogP contribution in [-0.4, -0.2) is 19.1 Å². The van der Waals surface area contributed by atoms with Gasteiger partial charge in [0.15, 0.2) is 0 Å². The van der Waals surface area contributed by atoms with E-state index < -0.39 is 0 Å². The third-order valence-corrected chi connectivity index (χ3v) is 1.92. The molecular weight excluding hydrogens is 174 g/mol. The lowest BCUT2D eigenvalue weighted by molar-refractivity contribution is 1.07. The van der Waals surface area contributed by atoms with Crippen LogP contribution in [0.15, 0.2) is 18.3 Å². The van der Waals surface area contributed by atoms with E-state index >= 15 is 0 Å². The molecule has 0 atom stereocenters. The third-order valence-electron chi connectivity index (χ3n) is 1.92. The lowest BCUT2D eigenvalue weighted by Gasteiger charge is -2.17. The largest absolute Gasteiger partial charge is 0.376 e. The molecule has 1 heterocycles. The quantitative estimate of drug-likeness (QED) is 0.665. The number of nitrogens with zero attached hydrogens (tertiary/aromatic N) is 3. The monoisotopic (exact) mass is 187 g/mol. The Hall–Kier alpha value is -1.82. The summed E-state index contributed by atoms with van der Waals surface area (Å²) in [4.78, 5) is 6.21. The van der Waals surface area contributed by atoms with Crippen LogP contribution in [0, 0.1) is 18.3 Å². The Kier molecular flexibility index (Phi) is 3.24. The average molecular weight is 187 g/mol. The summed E-state index contributed by atoms with van der Waals surface area (Å²) in [5.41, 5.74) is 3.04. The minimum Gasteiger partial charge on any atom is -0.376 e. The highest BCUT2D eigenvalue weighted by atomic mass is 15.1. The van der Waals surface area contributed by atoms with Crippen molar-refractivity contribution in [2.75, 3.05) is 19.0 Å². The Morgan fingerprint density at radius 2 is 2.21 bits per heavy atom. The molecule has 0 radical (unpaired) electrons. The number of aryl methyl sites for hydroxylation is 1. The Morgan fingerprint density at radius 1 is 1.50 bits per heavy atom. The van der Waals surface area contributed by atoms with Crippen LogP contribution in [-0.2, 0) is 0 Å². The number of hydrogen-bond donors (Lipinski definition) is 0. The van der Waals surface area contributed by atoms with E-state index in [1.54, 1.807) is 12.3 Å². The van der Waals surface area contributed by atoms with Crippen LogP contribution < -0.4 is 4.90 Å². The Labute approximate surface area is 84.3 Å². The Morgan fingerprint density at radius 3 is 2.79 bits per heavy atom. The van der Waals surface area contributed by atoms with Gasteiger partial charge in [-0.2, -0.15) is 5.26 Å². The normalized spacial score (nSPS) is 10.1. The smallest absolute Gasteiger partial charge is 0.0912 e. The molecule has 0 saturated carbocycles. The van der Waals surface area contributed by atoms with E-state index in [1.165, 1.54) is 6.08 Å². The van der Waals surface area contributed by atoms with Gasteiger partial charge in [0.1, 0.15) is 0 Å². The Balaban J connectivity index is 3.23. The molecule has 0 aromatic carbocycles. The maximum Gasteiger partial charge on any atom is 0.0912 e. The Bertz CT molecular complexity index is 386. The van der Waals surface area contributed by atoms with Crippen LogP contribution in [0.25, 0.3) is 6.08 Å². The summed E-state index contributed by atoms with van der Waals surface area (Å²) in [6.45, 7) is 1.96. The summed E-state index contributed by atoms with van der Waals surface area (Å²) in [5, 5.41) is 8.46. The zero-order valence-corrected chi connectivity index (χ0v) is 8.65. The lowest BCUT2D eigenvalue weighted by Crippen LogP contribution is -2.12. The predicted octanol–water partition coefficient (Wildman–Crippen LogP) is 1.99. The summed E-state index contributed by atoms with van der Waals surface area (Å²) in [6.07, 6.45) is 5.02. The van der Waals surface area contributed by atoms with Crippen LogP contribution in [0.1, 0.15) is 11.3 Å². The molecule has 72 valence electrons. The molecule has 1 aromatic heterocycles. The first-order valence-corrected chi connectivity index (χ1v) is 4.36. The SMILES string of the molecule is Cc1nccc(C=CC#N)c1N(C)C. The van der Waals surface area contributed by atoms with E-state index in [0.29, 0.717) is 0 Å². The second-order valence-electron chi connectivity index (χ2n) is 3.19. The van der Waals surface area contributed by atoms with Crippen molar-refractivity contribution in [3.63, 3.8) is 0 Å². The number of nitriles is 1. The molecule has 14 heavy (non-hydrogen) atoms. The van der Waals surface area contributed by atoms with Gasteiger partial charge >= 0.3 is 0 Å². The van der Waals surface area contributed by atoms with Crippen molar-refractivity contribution in [2.45, 2.75) is 6.92 Å². The number of hydrogen-bond acceptors (Lipinski definition) is 3. The van der Waals surface area contributed by atoms with Crippen LogP contribution in [0.3, 0.4) is 0 Å². The van der Waals surface area contributed by atoms with Gasteiger partial charge in [0, 0.05) is 31.9 Å². The standard InChI is InChI=1S/C11H13N3/c1-9-11(14(2)3)10(5-4-7-12)6-8-13-9/h4-6,8H,1-3H3. The van der Waals surface area contributed by atoms with Crippen molar-refractivity contribution in [3.05, 3.63) is 29.6 Å². The fraction of sp³-hybridized carbons (Fsp3) is 0.273. The molecule has 0 aliphatic carbocycles. The molecule has 0 unspecified atom stereocenters.